The number of phenols is 2. The summed E-state index contributed by atoms with van der Waals surface area (Å²) in [5, 5.41) is 21.5. The summed E-state index contributed by atoms with van der Waals surface area (Å²) < 4.78 is 5.28. The van der Waals surface area contributed by atoms with Gasteiger partial charge in [-0.2, -0.15) is 0 Å². The van der Waals surface area contributed by atoms with Crippen molar-refractivity contribution in [1.29, 1.82) is 0 Å². The molecule has 2 atom stereocenters. The predicted molar refractivity (Wildman–Crippen MR) is 78.0 cm³/mol. The smallest absolute Gasteiger partial charge is 0.237 e. The van der Waals surface area contributed by atoms with Crippen molar-refractivity contribution in [3.05, 3.63) is 23.8 Å². The lowest BCUT2D eigenvalue weighted by molar-refractivity contribution is -0.122. The molecular weight excluding hydrogens is 272 g/mol. The minimum atomic E-state index is -0.672. The first-order valence-corrected chi connectivity index (χ1v) is 7.18. The van der Waals surface area contributed by atoms with Crippen LogP contribution < -0.4 is 11.1 Å². The Morgan fingerprint density at radius 3 is 2.90 bits per heavy atom. The maximum atomic E-state index is 11.9. The van der Waals surface area contributed by atoms with Gasteiger partial charge in [-0.15, -0.1) is 0 Å². The fourth-order valence-corrected chi connectivity index (χ4v) is 2.38. The average Bonchev–Trinajstić information content (AvgIpc) is 2.96. The van der Waals surface area contributed by atoms with Gasteiger partial charge in [0.1, 0.15) is 0 Å². The predicted octanol–water partition coefficient (Wildman–Crippen LogP) is 0.510. The molecule has 1 unspecified atom stereocenters. The molecule has 0 saturated carbocycles. The van der Waals surface area contributed by atoms with Crippen LogP contribution in [0.3, 0.4) is 0 Å². The van der Waals surface area contributed by atoms with E-state index in [1.54, 1.807) is 6.07 Å². The van der Waals surface area contributed by atoms with Gasteiger partial charge in [-0.05, 0) is 42.9 Å². The topological polar surface area (TPSA) is 105 Å². The molecule has 5 N–H and O–H groups in total. The molecule has 1 saturated heterocycles. The molecule has 1 aliphatic rings. The van der Waals surface area contributed by atoms with Gasteiger partial charge in [0.25, 0.3) is 0 Å². The molecule has 0 spiro atoms. The van der Waals surface area contributed by atoms with Gasteiger partial charge in [-0.1, -0.05) is 6.07 Å². The molecule has 0 radical (unpaired) electrons. The van der Waals surface area contributed by atoms with Crippen LogP contribution in [0.4, 0.5) is 0 Å². The summed E-state index contributed by atoms with van der Waals surface area (Å²) in [6.07, 6.45) is 2.26. The van der Waals surface area contributed by atoms with Gasteiger partial charge in [0.15, 0.2) is 11.5 Å². The third kappa shape index (κ3) is 4.61. The van der Waals surface area contributed by atoms with Crippen LogP contribution in [0.2, 0.25) is 0 Å². The molecule has 6 heteroatoms. The fourth-order valence-electron chi connectivity index (χ4n) is 2.38. The first kappa shape index (κ1) is 15.6. The molecule has 2 rings (SSSR count). The van der Waals surface area contributed by atoms with Crippen LogP contribution in [-0.4, -0.2) is 41.9 Å². The van der Waals surface area contributed by atoms with Gasteiger partial charge >= 0.3 is 0 Å². The number of phenolic OH excluding ortho intramolecular Hbond substituents is 2. The van der Waals surface area contributed by atoms with Gasteiger partial charge in [-0.25, -0.2) is 0 Å². The lowest BCUT2D eigenvalue weighted by Crippen LogP contribution is -2.42. The van der Waals surface area contributed by atoms with Crippen LogP contribution in [0.25, 0.3) is 0 Å². The zero-order valence-electron chi connectivity index (χ0n) is 11.9. The largest absolute Gasteiger partial charge is 0.504 e. The van der Waals surface area contributed by atoms with Crippen LogP contribution in [0.15, 0.2) is 18.2 Å². The van der Waals surface area contributed by atoms with E-state index in [2.05, 4.69) is 5.32 Å². The summed E-state index contributed by atoms with van der Waals surface area (Å²) in [5.41, 5.74) is 6.56. The quantitative estimate of drug-likeness (QED) is 0.572. The van der Waals surface area contributed by atoms with Crippen molar-refractivity contribution in [1.82, 2.24) is 5.32 Å². The number of nitrogens with one attached hydrogen (secondary N) is 1. The first-order valence-electron chi connectivity index (χ1n) is 7.18. The summed E-state index contributed by atoms with van der Waals surface area (Å²) in [6, 6.07) is 3.76. The number of amides is 1. The van der Waals surface area contributed by atoms with E-state index in [1.165, 1.54) is 12.1 Å². The second-order valence-corrected chi connectivity index (χ2v) is 5.44. The SMILES string of the molecule is N[C@@H](Cc1ccc(O)c(O)c1)C(=O)NCCC1CCOC1. The van der Waals surface area contributed by atoms with Crippen LogP contribution in [-0.2, 0) is 16.0 Å². The molecule has 0 aromatic heterocycles. The summed E-state index contributed by atoms with van der Waals surface area (Å²) in [5.74, 6) is -0.0750. The van der Waals surface area contributed by atoms with Crippen LogP contribution in [0, 0.1) is 5.92 Å². The van der Waals surface area contributed by atoms with E-state index in [0.717, 1.165) is 26.1 Å². The number of hydrogen-bond acceptors (Lipinski definition) is 5. The molecule has 0 aliphatic carbocycles. The average molecular weight is 294 g/mol. The summed E-state index contributed by atoms with van der Waals surface area (Å²) in [6.45, 7) is 2.18. The minimum absolute atomic E-state index is 0.185. The third-order valence-corrected chi connectivity index (χ3v) is 3.71. The maximum absolute atomic E-state index is 11.9. The standard InChI is InChI=1S/C15H22N2O4/c16-12(7-11-1-2-13(18)14(19)8-11)15(20)17-5-3-10-4-6-21-9-10/h1-2,8,10,12,18-19H,3-7,9,16H2,(H,17,20)/t10?,12-/m0/s1. The minimum Gasteiger partial charge on any atom is -0.504 e. The maximum Gasteiger partial charge on any atom is 0.237 e. The van der Waals surface area contributed by atoms with E-state index in [-0.39, 0.29) is 17.4 Å². The molecular formula is C15H22N2O4. The number of carbonyl (C=O) groups excluding carboxylic acids is 1. The van der Waals surface area contributed by atoms with Crippen molar-refractivity contribution < 1.29 is 19.7 Å². The number of nitrogens with two attached hydrogens (primary N) is 1. The van der Waals surface area contributed by atoms with Gasteiger partial charge < -0.3 is 26.0 Å². The number of rotatable bonds is 6. The van der Waals surface area contributed by atoms with Gasteiger partial charge in [0, 0.05) is 19.8 Å². The summed E-state index contributed by atoms with van der Waals surface area (Å²) in [7, 11) is 0. The van der Waals surface area contributed by atoms with Crippen molar-refractivity contribution in [2.75, 3.05) is 19.8 Å². The van der Waals surface area contributed by atoms with Gasteiger partial charge in [0.05, 0.1) is 6.04 Å². The fraction of sp³-hybridized carbons (Fsp3) is 0.533. The Morgan fingerprint density at radius 2 is 2.24 bits per heavy atom. The molecule has 21 heavy (non-hydrogen) atoms. The highest BCUT2D eigenvalue weighted by atomic mass is 16.5. The number of ether oxygens (including phenoxy) is 1. The lowest BCUT2D eigenvalue weighted by Gasteiger charge is -2.14. The first-order chi connectivity index (χ1) is 10.1. The highest BCUT2D eigenvalue weighted by molar-refractivity contribution is 5.81. The van der Waals surface area contributed by atoms with E-state index < -0.39 is 6.04 Å². The zero-order valence-corrected chi connectivity index (χ0v) is 11.9. The van der Waals surface area contributed by atoms with Crippen molar-refractivity contribution in [2.45, 2.75) is 25.3 Å². The van der Waals surface area contributed by atoms with Crippen molar-refractivity contribution in [3.8, 4) is 11.5 Å². The Morgan fingerprint density at radius 1 is 1.43 bits per heavy atom. The zero-order chi connectivity index (χ0) is 15.2. The van der Waals surface area contributed by atoms with Crippen molar-refractivity contribution in [2.24, 2.45) is 11.7 Å². The Kier molecular flexibility index (Phi) is 5.41. The van der Waals surface area contributed by atoms with Crippen molar-refractivity contribution >= 4 is 5.91 Å². The molecule has 6 nitrogen and oxygen atoms in total. The summed E-state index contributed by atoms with van der Waals surface area (Å²) >= 11 is 0. The van der Waals surface area contributed by atoms with Crippen molar-refractivity contribution in [3.63, 3.8) is 0 Å². The Labute approximate surface area is 123 Å². The lowest BCUT2D eigenvalue weighted by atomic mass is 10.0. The third-order valence-electron chi connectivity index (χ3n) is 3.71. The highest BCUT2D eigenvalue weighted by Crippen LogP contribution is 2.25. The van der Waals surface area contributed by atoms with Gasteiger partial charge in [0.2, 0.25) is 5.91 Å². The Balaban J connectivity index is 1.74. The molecule has 1 aromatic carbocycles. The van der Waals surface area contributed by atoms with Crippen LogP contribution >= 0.6 is 0 Å². The van der Waals surface area contributed by atoms with E-state index in [1.807, 2.05) is 0 Å². The normalized spacial score (nSPS) is 19.4. The molecule has 1 heterocycles. The second-order valence-electron chi connectivity index (χ2n) is 5.44. The Hall–Kier alpha value is -1.79. The second kappa shape index (κ2) is 7.28. The number of hydrogen-bond donors (Lipinski definition) is 4. The molecule has 1 fully saturated rings. The van der Waals surface area contributed by atoms with Gasteiger partial charge in [-0.3, -0.25) is 4.79 Å². The van der Waals surface area contributed by atoms with E-state index in [9.17, 15) is 15.0 Å². The molecule has 0 bridgehead atoms. The van der Waals surface area contributed by atoms with Crippen LogP contribution in [0.5, 0.6) is 11.5 Å². The molecule has 1 aliphatic heterocycles. The van der Waals surface area contributed by atoms with E-state index >= 15 is 0 Å². The Bertz CT molecular complexity index is 487. The summed E-state index contributed by atoms with van der Waals surface area (Å²) in [4.78, 5) is 11.9. The molecule has 1 amide bonds. The van der Waals surface area contributed by atoms with E-state index in [4.69, 9.17) is 10.5 Å². The monoisotopic (exact) mass is 294 g/mol. The van der Waals surface area contributed by atoms with Crippen LogP contribution in [0.1, 0.15) is 18.4 Å². The molecule has 116 valence electrons. The number of benzene rings is 1. The number of aromatic hydroxyl groups is 2. The van der Waals surface area contributed by atoms with E-state index in [0.29, 0.717) is 24.4 Å². The highest BCUT2D eigenvalue weighted by Gasteiger charge is 2.17. The number of carbonyl (C=O) groups is 1. The molecule has 1 aromatic rings.